The van der Waals surface area contributed by atoms with E-state index < -0.39 is 0 Å². The molecule has 5 heteroatoms. The molecule has 80 valence electrons. The van der Waals surface area contributed by atoms with Crippen molar-refractivity contribution in [1.82, 2.24) is 9.97 Å². The van der Waals surface area contributed by atoms with Gasteiger partial charge in [0.25, 0.3) is 0 Å². The first-order valence-electron chi connectivity index (χ1n) is 4.72. The molecule has 0 radical (unpaired) electrons. The topological polar surface area (TPSA) is 54.7 Å². The van der Waals surface area contributed by atoms with Crippen molar-refractivity contribution >= 4 is 23.1 Å². The number of thiophene rings is 1. The van der Waals surface area contributed by atoms with E-state index in [4.69, 9.17) is 5.73 Å². The maximum absolute atomic E-state index is 5.99. The molecule has 15 heavy (non-hydrogen) atoms. The van der Waals surface area contributed by atoms with Crippen molar-refractivity contribution in [1.29, 1.82) is 0 Å². The highest BCUT2D eigenvalue weighted by molar-refractivity contribution is 7.99. The molecule has 2 rings (SSSR count). The van der Waals surface area contributed by atoms with Gasteiger partial charge in [-0.15, -0.1) is 11.3 Å². The molecule has 0 bridgehead atoms. The van der Waals surface area contributed by atoms with Gasteiger partial charge in [0.05, 0.1) is 5.25 Å². The lowest BCUT2D eigenvalue weighted by molar-refractivity contribution is 0.727. The number of aromatic amines is 1. The summed E-state index contributed by atoms with van der Waals surface area (Å²) in [4.78, 5) is 8.59. The molecular weight excluding hydrogens is 226 g/mol. The summed E-state index contributed by atoms with van der Waals surface area (Å²) in [6, 6.07) is 4.28. The second kappa shape index (κ2) is 4.83. The van der Waals surface area contributed by atoms with Crippen molar-refractivity contribution in [2.24, 2.45) is 5.73 Å². The molecule has 0 saturated heterocycles. The summed E-state index contributed by atoms with van der Waals surface area (Å²) < 4.78 is 0. The van der Waals surface area contributed by atoms with Gasteiger partial charge in [0.2, 0.25) is 0 Å². The highest BCUT2D eigenvalue weighted by Crippen LogP contribution is 2.37. The Labute approximate surface area is 97.1 Å². The van der Waals surface area contributed by atoms with Gasteiger partial charge >= 0.3 is 0 Å². The molecule has 0 fully saturated rings. The van der Waals surface area contributed by atoms with Crippen LogP contribution in [0.1, 0.15) is 17.1 Å². The zero-order chi connectivity index (χ0) is 10.7. The van der Waals surface area contributed by atoms with Gasteiger partial charge in [-0.3, -0.25) is 0 Å². The molecule has 0 saturated carbocycles. The van der Waals surface area contributed by atoms with Crippen LogP contribution in [0.2, 0.25) is 0 Å². The molecule has 2 unspecified atom stereocenters. The number of nitrogens with zero attached hydrogens (tertiary/aromatic N) is 1. The summed E-state index contributed by atoms with van der Waals surface area (Å²) in [5.74, 6) is 0. The number of aromatic nitrogens is 2. The van der Waals surface area contributed by atoms with Crippen LogP contribution in [-0.2, 0) is 0 Å². The van der Waals surface area contributed by atoms with Crippen LogP contribution in [0.5, 0.6) is 0 Å². The van der Waals surface area contributed by atoms with Crippen molar-refractivity contribution in [3.05, 3.63) is 34.8 Å². The number of H-pyrrole nitrogens is 1. The lowest BCUT2D eigenvalue weighted by atomic mass is 10.2. The minimum atomic E-state index is 0.110. The predicted molar refractivity (Wildman–Crippen MR) is 65.2 cm³/mol. The fraction of sp³-hybridized carbons (Fsp3) is 0.300. The van der Waals surface area contributed by atoms with Crippen molar-refractivity contribution < 1.29 is 0 Å². The van der Waals surface area contributed by atoms with Gasteiger partial charge in [-0.1, -0.05) is 17.8 Å². The summed E-state index contributed by atoms with van der Waals surface area (Å²) >= 11 is 3.42. The summed E-state index contributed by atoms with van der Waals surface area (Å²) in [5.41, 5.74) is 5.99. The summed E-state index contributed by atoms with van der Waals surface area (Å²) in [6.45, 7) is 2.03. The number of hydrogen-bond acceptors (Lipinski definition) is 4. The van der Waals surface area contributed by atoms with E-state index in [2.05, 4.69) is 27.5 Å². The van der Waals surface area contributed by atoms with E-state index in [1.807, 2.05) is 13.1 Å². The van der Waals surface area contributed by atoms with E-state index in [0.29, 0.717) is 0 Å². The Kier molecular flexibility index (Phi) is 3.45. The molecule has 2 heterocycles. The summed E-state index contributed by atoms with van der Waals surface area (Å²) in [7, 11) is 0. The van der Waals surface area contributed by atoms with Gasteiger partial charge < -0.3 is 10.7 Å². The van der Waals surface area contributed by atoms with Crippen LogP contribution in [0.15, 0.2) is 35.1 Å². The molecule has 2 atom stereocenters. The van der Waals surface area contributed by atoms with E-state index in [9.17, 15) is 0 Å². The fourth-order valence-electron chi connectivity index (χ4n) is 1.31. The normalized spacial score (nSPS) is 15.1. The first-order valence-corrected chi connectivity index (χ1v) is 6.48. The van der Waals surface area contributed by atoms with Gasteiger partial charge in [0.1, 0.15) is 0 Å². The highest BCUT2D eigenvalue weighted by atomic mass is 32.2. The van der Waals surface area contributed by atoms with E-state index in [1.165, 1.54) is 4.88 Å². The number of thioether (sulfide) groups is 1. The van der Waals surface area contributed by atoms with Gasteiger partial charge in [-0.05, 0) is 18.4 Å². The molecule has 3 nitrogen and oxygen atoms in total. The Morgan fingerprint density at radius 2 is 2.47 bits per heavy atom. The Morgan fingerprint density at radius 3 is 3.00 bits per heavy atom. The number of imidazole rings is 1. The Morgan fingerprint density at radius 1 is 1.60 bits per heavy atom. The number of nitrogens with two attached hydrogens (primary N) is 1. The lowest BCUT2D eigenvalue weighted by Crippen LogP contribution is -2.21. The quantitative estimate of drug-likeness (QED) is 0.806. The molecule has 3 N–H and O–H groups in total. The van der Waals surface area contributed by atoms with E-state index in [-0.39, 0.29) is 11.3 Å². The standard InChI is InChI=1S/C10H13N3S2/c1-7(11)9(8-3-2-6-14-8)15-10-12-4-5-13-10/h2-7,9H,11H2,1H3,(H,12,13). The minimum Gasteiger partial charge on any atom is -0.340 e. The third-order valence-corrected chi connectivity index (χ3v) is 4.50. The Bertz CT molecular complexity index is 381. The van der Waals surface area contributed by atoms with Gasteiger partial charge in [0.15, 0.2) is 5.16 Å². The lowest BCUT2D eigenvalue weighted by Gasteiger charge is -2.17. The SMILES string of the molecule is CC(N)C(Sc1ncc[nH]1)c1cccs1. The third kappa shape index (κ3) is 2.62. The van der Waals surface area contributed by atoms with Crippen LogP contribution >= 0.6 is 23.1 Å². The molecule has 0 aliphatic heterocycles. The van der Waals surface area contributed by atoms with Crippen LogP contribution in [-0.4, -0.2) is 16.0 Å². The monoisotopic (exact) mass is 239 g/mol. The van der Waals surface area contributed by atoms with Crippen LogP contribution < -0.4 is 5.73 Å². The first kappa shape index (κ1) is 10.7. The van der Waals surface area contributed by atoms with Gasteiger partial charge in [0, 0.05) is 23.3 Å². The zero-order valence-electron chi connectivity index (χ0n) is 8.38. The first-order chi connectivity index (χ1) is 7.27. The summed E-state index contributed by atoms with van der Waals surface area (Å²) in [6.07, 6.45) is 3.59. The molecule has 0 amide bonds. The van der Waals surface area contributed by atoms with Gasteiger partial charge in [-0.2, -0.15) is 0 Å². The van der Waals surface area contributed by atoms with Crippen molar-refractivity contribution in [2.75, 3.05) is 0 Å². The van der Waals surface area contributed by atoms with Crippen molar-refractivity contribution in [3.8, 4) is 0 Å². The Balaban J connectivity index is 2.14. The average molecular weight is 239 g/mol. The maximum atomic E-state index is 5.99. The maximum Gasteiger partial charge on any atom is 0.165 e. The number of hydrogen-bond donors (Lipinski definition) is 2. The van der Waals surface area contributed by atoms with Crippen LogP contribution in [0.25, 0.3) is 0 Å². The van der Waals surface area contributed by atoms with Crippen molar-refractivity contribution in [3.63, 3.8) is 0 Å². The second-order valence-electron chi connectivity index (χ2n) is 3.31. The van der Waals surface area contributed by atoms with E-state index >= 15 is 0 Å². The smallest absolute Gasteiger partial charge is 0.165 e. The van der Waals surface area contributed by atoms with Gasteiger partial charge in [-0.25, -0.2) is 4.98 Å². The zero-order valence-corrected chi connectivity index (χ0v) is 10.0. The summed E-state index contributed by atoms with van der Waals surface area (Å²) in [5, 5.41) is 3.27. The molecule has 0 aliphatic rings. The largest absolute Gasteiger partial charge is 0.340 e. The van der Waals surface area contributed by atoms with E-state index in [1.54, 1.807) is 29.3 Å². The number of nitrogens with one attached hydrogen (secondary N) is 1. The Hall–Kier alpha value is -0.780. The van der Waals surface area contributed by atoms with Crippen LogP contribution in [0, 0.1) is 0 Å². The second-order valence-corrected chi connectivity index (χ2v) is 5.42. The van der Waals surface area contributed by atoms with Crippen molar-refractivity contribution in [2.45, 2.75) is 23.4 Å². The predicted octanol–water partition coefficient (Wildman–Crippen LogP) is 2.65. The molecule has 2 aromatic rings. The highest BCUT2D eigenvalue weighted by Gasteiger charge is 2.19. The molecular formula is C10H13N3S2. The van der Waals surface area contributed by atoms with E-state index in [0.717, 1.165) is 5.16 Å². The molecule has 0 aliphatic carbocycles. The molecule has 0 aromatic carbocycles. The van der Waals surface area contributed by atoms with Crippen LogP contribution in [0.4, 0.5) is 0 Å². The molecule has 0 spiro atoms. The fourth-order valence-corrected chi connectivity index (χ4v) is 3.35. The average Bonchev–Trinajstić information content (AvgIpc) is 2.87. The molecule has 2 aromatic heterocycles. The number of rotatable bonds is 4. The third-order valence-electron chi connectivity index (χ3n) is 2.01. The van der Waals surface area contributed by atoms with Crippen LogP contribution in [0.3, 0.4) is 0 Å². The minimum absolute atomic E-state index is 0.110.